The quantitative estimate of drug-likeness (QED) is 0.186. The minimum Gasteiger partial charge on any atom is -0.423 e. The second kappa shape index (κ2) is 9.92. The second-order valence-electron chi connectivity index (χ2n) is 7.40. The van der Waals surface area contributed by atoms with Crippen molar-refractivity contribution in [1.82, 2.24) is 0 Å². The Hall–Kier alpha value is -3.65. The summed E-state index contributed by atoms with van der Waals surface area (Å²) in [4.78, 5) is 50.2. The Labute approximate surface area is 214 Å². The molecule has 3 aromatic rings. The van der Waals surface area contributed by atoms with Crippen molar-refractivity contribution in [3.05, 3.63) is 98.6 Å². The molecule has 0 aromatic heterocycles. The van der Waals surface area contributed by atoms with Crippen molar-refractivity contribution in [2.75, 3.05) is 10.2 Å². The lowest BCUT2D eigenvalue weighted by Crippen LogP contribution is -2.32. The number of carbonyl (C=O) groups excluding carboxylic acids is 4. The number of nitrogens with one attached hydrogen (secondary N) is 1. The third kappa shape index (κ3) is 5.07. The first kappa shape index (κ1) is 24.5. The second-order valence-corrected chi connectivity index (χ2v) is 8.62. The van der Waals surface area contributed by atoms with Crippen molar-refractivity contribution in [2.24, 2.45) is 0 Å². The molecule has 10 heteroatoms. The predicted octanol–water partition coefficient (Wildman–Crippen LogP) is 5.85. The minimum atomic E-state index is -0.737. The third-order valence-corrected chi connectivity index (χ3v) is 5.93. The topological polar surface area (TPSA) is 92.8 Å². The highest BCUT2D eigenvalue weighted by molar-refractivity contribution is 6.54. The van der Waals surface area contributed by atoms with Crippen LogP contribution in [-0.4, -0.2) is 23.6 Å². The summed E-state index contributed by atoms with van der Waals surface area (Å²) in [6, 6.07) is 16.6. The van der Waals surface area contributed by atoms with Crippen molar-refractivity contribution in [3.8, 4) is 5.75 Å². The summed E-state index contributed by atoms with van der Waals surface area (Å²) in [5.74, 6) is -1.85. The van der Waals surface area contributed by atoms with Crippen molar-refractivity contribution in [1.29, 1.82) is 0 Å². The van der Waals surface area contributed by atoms with Crippen LogP contribution in [0.4, 0.5) is 11.4 Å². The Morgan fingerprint density at radius 1 is 0.829 bits per heavy atom. The van der Waals surface area contributed by atoms with Crippen molar-refractivity contribution in [2.45, 2.75) is 6.92 Å². The van der Waals surface area contributed by atoms with Crippen LogP contribution in [-0.2, 0) is 9.59 Å². The van der Waals surface area contributed by atoms with E-state index in [9.17, 15) is 19.2 Å². The van der Waals surface area contributed by atoms with E-state index < -0.39 is 17.8 Å². The molecule has 0 fully saturated rings. The van der Waals surface area contributed by atoms with Gasteiger partial charge in [0, 0.05) is 16.3 Å². The fourth-order valence-electron chi connectivity index (χ4n) is 3.25. The summed E-state index contributed by atoms with van der Waals surface area (Å²) < 4.78 is 5.31. The van der Waals surface area contributed by atoms with Gasteiger partial charge in [-0.1, -0.05) is 34.8 Å². The van der Waals surface area contributed by atoms with Gasteiger partial charge in [-0.3, -0.25) is 14.4 Å². The number of esters is 1. The molecule has 0 spiro atoms. The zero-order valence-electron chi connectivity index (χ0n) is 18.0. The highest BCUT2D eigenvalue weighted by atomic mass is 35.5. The third-order valence-electron chi connectivity index (χ3n) is 5.04. The molecule has 0 bridgehead atoms. The average molecular weight is 530 g/mol. The Morgan fingerprint density at radius 2 is 1.46 bits per heavy atom. The van der Waals surface area contributed by atoms with E-state index >= 15 is 0 Å². The van der Waals surface area contributed by atoms with Gasteiger partial charge in [-0.2, -0.15) is 0 Å². The first-order valence-electron chi connectivity index (χ1n) is 10.1. The highest BCUT2D eigenvalue weighted by Crippen LogP contribution is 2.35. The first-order chi connectivity index (χ1) is 16.7. The smallest absolute Gasteiger partial charge is 0.343 e. The van der Waals surface area contributed by atoms with Crippen LogP contribution in [0.3, 0.4) is 0 Å². The Balaban J connectivity index is 1.47. The monoisotopic (exact) mass is 528 g/mol. The number of ketones is 1. The molecule has 7 nitrogen and oxygen atoms in total. The molecule has 0 radical (unpaired) electrons. The van der Waals surface area contributed by atoms with Crippen LogP contribution in [0.5, 0.6) is 5.75 Å². The minimum absolute atomic E-state index is 0.0944. The van der Waals surface area contributed by atoms with Crippen LogP contribution >= 0.6 is 34.8 Å². The summed E-state index contributed by atoms with van der Waals surface area (Å²) in [5.41, 5.74) is 1.17. The largest absolute Gasteiger partial charge is 0.423 e. The number of ether oxygens (including phenoxy) is 1. The number of benzene rings is 3. The molecule has 1 heterocycles. The van der Waals surface area contributed by atoms with Crippen molar-refractivity contribution >= 4 is 69.7 Å². The number of carbonyl (C=O) groups is 4. The molecule has 1 aliphatic rings. The average Bonchev–Trinajstić information content (AvgIpc) is 3.03. The highest BCUT2D eigenvalue weighted by Gasteiger charge is 2.39. The van der Waals surface area contributed by atoms with Crippen LogP contribution in [0.15, 0.2) is 77.5 Å². The van der Waals surface area contributed by atoms with E-state index in [1.165, 1.54) is 61.5 Å². The maximum atomic E-state index is 12.9. The molecule has 176 valence electrons. The number of imide groups is 1. The number of hydrogen-bond acceptors (Lipinski definition) is 6. The van der Waals surface area contributed by atoms with Crippen LogP contribution in [0, 0.1) is 0 Å². The first-order valence-corrected chi connectivity index (χ1v) is 11.2. The molecule has 3 aromatic carbocycles. The van der Waals surface area contributed by atoms with Gasteiger partial charge in [-0.05, 0) is 73.7 Å². The van der Waals surface area contributed by atoms with Crippen LogP contribution < -0.4 is 15.0 Å². The maximum Gasteiger partial charge on any atom is 0.343 e. The van der Waals surface area contributed by atoms with Gasteiger partial charge < -0.3 is 10.1 Å². The standard InChI is InChI=1S/C25H15Cl3N2O5/c1-13(31)14-4-9-18(10-5-14)35-25(34)15-2-7-17(8-3-15)29-22-21(28)23(32)30(24(22)33)20-11-6-16(26)12-19(20)27/h2-12,29H,1H3. The summed E-state index contributed by atoms with van der Waals surface area (Å²) in [7, 11) is 0. The van der Waals surface area contributed by atoms with E-state index in [2.05, 4.69) is 5.32 Å². The van der Waals surface area contributed by atoms with Gasteiger partial charge >= 0.3 is 5.97 Å². The number of nitrogens with zero attached hydrogens (tertiary/aromatic N) is 1. The SMILES string of the molecule is CC(=O)c1ccc(OC(=O)c2ccc(NC3=C(Cl)C(=O)N(c4ccc(Cl)cc4Cl)C3=O)cc2)cc1. The fraction of sp³-hybridized carbons (Fsp3) is 0.0400. The zero-order chi connectivity index (χ0) is 25.3. The van der Waals surface area contributed by atoms with E-state index in [1.807, 2.05) is 0 Å². The van der Waals surface area contributed by atoms with E-state index in [0.29, 0.717) is 16.3 Å². The molecule has 0 unspecified atom stereocenters. The number of amides is 2. The molecular weight excluding hydrogens is 515 g/mol. The Bertz CT molecular complexity index is 1400. The van der Waals surface area contributed by atoms with E-state index in [-0.39, 0.29) is 38.5 Å². The maximum absolute atomic E-state index is 12.9. The fourth-order valence-corrected chi connectivity index (χ4v) is 3.96. The normalized spacial score (nSPS) is 13.3. The van der Waals surface area contributed by atoms with Gasteiger partial charge in [0.2, 0.25) is 0 Å². The molecule has 0 atom stereocenters. The van der Waals surface area contributed by atoms with Gasteiger partial charge in [0.25, 0.3) is 11.8 Å². The van der Waals surface area contributed by atoms with Gasteiger partial charge in [0.1, 0.15) is 16.5 Å². The van der Waals surface area contributed by atoms with Gasteiger partial charge in [0.15, 0.2) is 5.78 Å². The van der Waals surface area contributed by atoms with E-state index in [1.54, 1.807) is 12.1 Å². The van der Waals surface area contributed by atoms with E-state index in [0.717, 1.165) is 4.90 Å². The lowest BCUT2D eigenvalue weighted by molar-refractivity contribution is -0.120. The molecule has 4 rings (SSSR count). The summed E-state index contributed by atoms with van der Waals surface area (Å²) in [5, 5.41) is 2.97. The Morgan fingerprint density at radius 3 is 2.06 bits per heavy atom. The van der Waals surface area contributed by atoms with Crippen LogP contribution in [0.1, 0.15) is 27.6 Å². The molecule has 0 saturated carbocycles. The van der Waals surface area contributed by atoms with Crippen LogP contribution in [0.25, 0.3) is 0 Å². The zero-order valence-corrected chi connectivity index (χ0v) is 20.2. The molecule has 1 N–H and O–H groups in total. The van der Waals surface area contributed by atoms with Crippen molar-refractivity contribution < 1.29 is 23.9 Å². The number of rotatable bonds is 6. The molecule has 35 heavy (non-hydrogen) atoms. The molecule has 1 aliphatic heterocycles. The lowest BCUT2D eigenvalue weighted by Gasteiger charge is -2.16. The van der Waals surface area contributed by atoms with Gasteiger partial charge in [-0.25, -0.2) is 9.69 Å². The number of halogens is 3. The number of Topliss-reactive ketones (excluding diaryl/α,β-unsaturated/α-hetero) is 1. The van der Waals surface area contributed by atoms with Gasteiger partial charge in [-0.15, -0.1) is 0 Å². The van der Waals surface area contributed by atoms with Crippen LogP contribution in [0.2, 0.25) is 10.0 Å². The van der Waals surface area contributed by atoms with Crippen molar-refractivity contribution in [3.63, 3.8) is 0 Å². The summed E-state index contributed by atoms with van der Waals surface area (Å²) in [6.45, 7) is 1.44. The Kier molecular flexibility index (Phi) is 6.93. The number of anilines is 2. The summed E-state index contributed by atoms with van der Waals surface area (Å²) >= 11 is 18.2. The molecular formula is C25H15Cl3N2O5. The van der Waals surface area contributed by atoms with E-state index in [4.69, 9.17) is 39.5 Å². The van der Waals surface area contributed by atoms with Gasteiger partial charge in [0.05, 0.1) is 16.3 Å². The molecule has 0 saturated heterocycles. The molecule has 0 aliphatic carbocycles. The lowest BCUT2D eigenvalue weighted by atomic mass is 10.1. The molecule has 2 amide bonds. The number of hydrogen-bond donors (Lipinski definition) is 1. The predicted molar refractivity (Wildman–Crippen MR) is 133 cm³/mol. The summed E-state index contributed by atoms with van der Waals surface area (Å²) in [6.07, 6.45) is 0.